The van der Waals surface area contributed by atoms with Crippen molar-refractivity contribution < 1.29 is 34.1 Å². The van der Waals surface area contributed by atoms with E-state index in [9.17, 15) is 29.4 Å². The van der Waals surface area contributed by atoms with Crippen molar-refractivity contribution in [1.82, 2.24) is 0 Å². The summed E-state index contributed by atoms with van der Waals surface area (Å²) in [4.78, 5) is 58.3. The van der Waals surface area contributed by atoms with E-state index in [4.69, 9.17) is 4.74 Å². The second-order valence-corrected chi connectivity index (χ2v) is 10.00. The van der Waals surface area contributed by atoms with Crippen LogP contribution < -0.4 is 0 Å². The summed E-state index contributed by atoms with van der Waals surface area (Å²) in [5, 5.41) is 21.7. The Hall–Kier alpha value is -3.10. The van der Waals surface area contributed by atoms with Crippen LogP contribution >= 0.6 is 0 Å². The smallest absolute Gasteiger partial charge is 0.368 e. The number of urea groups is 1. The SMILES string of the molecule is CCOC(=O)C1=NC(=O)N=C1C(C1=C(O)CC(C)(C)CC1=O)C1=C(O)CC(C)(C)CC1=O. The van der Waals surface area contributed by atoms with Crippen LogP contribution in [-0.4, -0.2) is 51.8 Å². The molecular weight excluding hydrogens is 416 g/mol. The van der Waals surface area contributed by atoms with Gasteiger partial charge in [-0.15, -0.1) is 0 Å². The minimum Gasteiger partial charge on any atom is -0.512 e. The molecule has 1 aliphatic heterocycles. The fraction of sp³-hybridized carbons (Fsp3) is 0.565. The van der Waals surface area contributed by atoms with Crippen molar-refractivity contribution in [3.8, 4) is 0 Å². The first-order valence-corrected chi connectivity index (χ1v) is 10.6. The van der Waals surface area contributed by atoms with E-state index in [0.717, 1.165) is 0 Å². The molecule has 32 heavy (non-hydrogen) atoms. The summed E-state index contributed by atoms with van der Waals surface area (Å²) >= 11 is 0. The molecule has 2 amide bonds. The molecule has 1 heterocycles. The number of carbonyl (C=O) groups is 4. The minimum absolute atomic E-state index is 0.00607. The Kier molecular flexibility index (Phi) is 5.97. The number of ether oxygens (including phenoxy) is 1. The lowest BCUT2D eigenvalue weighted by atomic mass is 9.67. The van der Waals surface area contributed by atoms with Crippen LogP contribution in [0.2, 0.25) is 0 Å². The number of ketones is 2. The highest BCUT2D eigenvalue weighted by molar-refractivity contribution is 6.70. The molecule has 0 saturated heterocycles. The van der Waals surface area contributed by atoms with E-state index in [0.29, 0.717) is 0 Å². The van der Waals surface area contributed by atoms with Crippen LogP contribution in [-0.2, 0) is 19.1 Å². The van der Waals surface area contributed by atoms with Crippen LogP contribution in [0.25, 0.3) is 0 Å². The summed E-state index contributed by atoms with van der Waals surface area (Å²) in [5.74, 6) is -3.76. The maximum atomic E-state index is 13.2. The van der Waals surface area contributed by atoms with E-state index in [1.165, 1.54) is 0 Å². The number of amides is 2. The number of aliphatic hydroxyl groups is 2. The Morgan fingerprint density at radius 3 is 1.78 bits per heavy atom. The zero-order valence-electron chi connectivity index (χ0n) is 18.9. The van der Waals surface area contributed by atoms with Gasteiger partial charge in [0.2, 0.25) is 0 Å². The van der Waals surface area contributed by atoms with Gasteiger partial charge in [-0.2, -0.15) is 9.98 Å². The van der Waals surface area contributed by atoms with Gasteiger partial charge in [0.1, 0.15) is 11.5 Å². The van der Waals surface area contributed by atoms with Crippen molar-refractivity contribution in [2.45, 2.75) is 60.3 Å². The van der Waals surface area contributed by atoms with Crippen LogP contribution in [0.5, 0.6) is 0 Å². The van der Waals surface area contributed by atoms with Gasteiger partial charge in [0.05, 0.1) is 18.2 Å². The van der Waals surface area contributed by atoms with Gasteiger partial charge in [-0.25, -0.2) is 9.59 Å². The number of allylic oxidation sites excluding steroid dienone is 4. The molecular formula is C23H28N2O7. The molecule has 0 radical (unpaired) electrons. The van der Waals surface area contributed by atoms with Crippen molar-refractivity contribution in [3.05, 3.63) is 22.7 Å². The lowest BCUT2D eigenvalue weighted by Gasteiger charge is -2.36. The highest BCUT2D eigenvalue weighted by Crippen LogP contribution is 2.45. The molecule has 9 heteroatoms. The lowest BCUT2D eigenvalue weighted by molar-refractivity contribution is -0.134. The van der Waals surface area contributed by atoms with Crippen molar-refractivity contribution in [1.29, 1.82) is 0 Å². The Morgan fingerprint density at radius 1 is 0.906 bits per heavy atom. The van der Waals surface area contributed by atoms with E-state index < -0.39 is 46.0 Å². The van der Waals surface area contributed by atoms with Crippen LogP contribution in [0.3, 0.4) is 0 Å². The van der Waals surface area contributed by atoms with Gasteiger partial charge < -0.3 is 14.9 Å². The number of Topliss-reactive ketones (excluding diaryl/α,β-unsaturated/α-hetero) is 2. The molecule has 0 aromatic rings. The van der Waals surface area contributed by atoms with Crippen molar-refractivity contribution in [3.63, 3.8) is 0 Å². The Bertz CT molecular complexity index is 989. The first-order chi connectivity index (χ1) is 14.8. The molecule has 0 saturated carbocycles. The van der Waals surface area contributed by atoms with Gasteiger partial charge in [-0.05, 0) is 17.8 Å². The van der Waals surface area contributed by atoms with Crippen molar-refractivity contribution in [2.75, 3.05) is 6.61 Å². The Morgan fingerprint density at radius 2 is 1.38 bits per heavy atom. The third-order valence-corrected chi connectivity index (χ3v) is 5.78. The van der Waals surface area contributed by atoms with Gasteiger partial charge in [0.15, 0.2) is 17.3 Å². The topological polar surface area (TPSA) is 143 Å². The van der Waals surface area contributed by atoms with Gasteiger partial charge in [-0.1, -0.05) is 27.7 Å². The summed E-state index contributed by atoms with van der Waals surface area (Å²) in [6.07, 6.45) is 0.435. The summed E-state index contributed by atoms with van der Waals surface area (Å²) < 4.78 is 4.97. The summed E-state index contributed by atoms with van der Waals surface area (Å²) in [7, 11) is 0. The Labute approximate surface area is 186 Å². The van der Waals surface area contributed by atoms with Crippen LogP contribution in [0.15, 0.2) is 32.6 Å². The normalized spacial score (nSPS) is 23.0. The number of aliphatic hydroxyl groups excluding tert-OH is 2. The van der Waals surface area contributed by atoms with E-state index in [1.807, 2.05) is 27.7 Å². The van der Waals surface area contributed by atoms with Gasteiger partial charge >= 0.3 is 12.0 Å². The lowest BCUT2D eigenvalue weighted by Crippen LogP contribution is -2.41. The van der Waals surface area contributed by atoms with E-state index in [-0.39, 0.29) is 60.7 Å². The third kappa shape index (κ3) is 4.42. The fourth-order valence-electron chi connectivity index (χ4n) is 4.56. The summed E-state index contributed by atoms with van der Waals surface area (Å²) in [6, 6.07) is -0.986. The predicted molar refractivity (Wildman–Crippen MR) is 116 cm³/mol. The molecule has 0 unspecified atom stereocenters. The largest absolute Gasteiger partial charge is 0.512 e. The quantitative estimate of drug-likeness (QED) is 0.617. The molecule has 3 aliphatic rings. The molecule has 0 bridgehead atoms. The van der Waals surface area contributed by atoms with E-state index >= 15 is 0 Å². The molecule has 3 rings (SSSR count). The third-order valence-electron chi connectivity index (χ3n) is 5.78. The zero-order chi connectivity index (χ0) is 24.0. The van der Waals surface area contributed by atoms with E-state index in [1.54, 1.807) is 6.92 Å². The monoisotopic (exact) mass is 444 g/mol. The molecule has 0 spiro atoms. The van der Waals surface area contributed by atoms with E-state index in [2.05, 4.69) is 9.98 Å². The average Bonchev–Trinajstić information content (AvgIpc) is 2.99. The highest BCUT2D eigenvalue weighted by atomic mass is 16.5. The number of hydrogen-bond donors (Lipinski definition) is 2. The molecule has 0 aromatic heterocycles. The molecule has 9 nitrogen and oxygen atoms in total. The van der Waals surface area contributed by atoms with Crippen LogP contribution in [0, 0.1) is 16.7 Å². The molecule has 2 aliphatic carbocycles. The predicted octanol–water partition coefficient (Wildman–Crippen LogP) is 3.58. The number of hydrogen-bond acceptors (Lipinski definition) is 7. The van der Waals surface area contributed by atoms with Crippen molar-refractivity contribution >= 4 is 35.0 Å². The van der Waals surface area contributed by atoms with Crippen LogP contribution in [0.1, 0.15) is 60.3 Å². The number of rotatable bonds is 5. The first-order valence-electron chi connectivity index (χ1n) is 10.6. The number of carbonyl (C=O) groups excluding carboxylic acids is 4. The van der Waals surface area contributed by atoms with Gasteiger partial charge in [0.25, 0.3) is 0 Å². The molecule has 172 valence electrons. The second-order valence-electron chi connectivity index (χ2n) is 10.00. The minimum atomic E-state index is -1.39. The standard InChI is InChI=1S/C23H28N2O7/c1-6-32-20(30)19-18(24-21(31)25-19)17(15-11(26)7-22(2,3)8-12(15)27)16-13(28)9-23(4,5)10-14(16)29/h17,26,28H,6-10H2,1-5H3. The molecule has 0 fully saturated rings. The van der Waals surface area contributed by atoms with Gasteiger partial charge in [-0.3, -0.25) is 9.59 Å². The number of nitrogens with zero attached hydrogens (tertiary/aromatic N) is 2. The number of aliphatic imine (C=N–C) groups is 2. The number of esters is 1. The molecule has 0 aromatic carbocycles. The molecule has 0 atom stereocenters. The van der Waals surface area contributed by atoms with Crippen molar-refractivity contribution in [2.24, 2.45) is 26.7 Å². The molecule has 2 N–H and O–H groups in total. The average molecular weight is 444 g/mol. The summed E-state index contributed by atoms with van der Waals surface area (Å²) in [6.45, 7) is 8.86. The first kappa shape index (κ1) is 23.6. The highest BCUT2D eigenvalue weighted by Gasteiger charge is 2.48. The Balaban J connectivity index is 2.25. The summed E-state index contributed by atoms with van der Waals surface area (Å²) in [5.41, 5.74) is -2.03. The zero-order valence-corrected chi connectivity index (χ0v) is 18.9. The maximum absolute atomic E-state index is 13.2. The van der Waals surface area contributed by atoms with Gasteiger partial charge in [0, 0.05) is 36.8 Å². The maximum Gasteiger partial charge on any atom is 0.368 e. The fourth-order valence-corrected chi connectivity index (χ4v) is 4.56. The van der Waals surface area contributed by atoms with Crippen LogP contribution in [0.4, 0.5) is 4.79 Å². The second kappa shape index (κ2) is 8.11.